The van der Waals surface area contributed by atoms with Crippen LogP contribution in [0.15, 0.2) is 28.0 Å². The molecule has 0 aliphatic carbocycles. The predicted octanol–water partition coefficient (Wildman–Crippen LogP) is 0.854. The summed E-state index contributed by atoms with van der Waals surface area (Å²) in [6.45, 7) is 4.41. The van der Waals surface area contributed by atoms with E-state index in [-0.39, 0.29) is 29.9 Å². The first-order valence-electron chi connectivity index (χ1n) is 10.1. The van der Waals surface area contributed by atoms with Gasteiger partial charge >= 0.3 is 0 Å². The van der Waals surface area contributed by atoms with Crippen molar-refractivity contribution in [1.82, 2.24) is 19.7 Å². The molecule has 10 nitrogen and oxygen atoms in total. The number of furan rings is 1. The van der Waals surface area contributed by atoms with Crippen molar-refractivity contribution in [2.75, 3.05) is 18.1 Å². The van der Waals surface area contributed by atoms with Crippen LogP contribution < -0.4 is 5.73 Å². The van der Waals surface area contributed by atoms with E-state index in [1.165, 1.54) is 11.8 Å². The average Bonchev–Trinajstić information content (AvgIpc) is 3.43. The van der Waals surface area contributed by atoms with Crippen LogP contribution in [0.5, 0.6) is 0 Å². The molecule has 1 fully saturated rings. The number of carbonyl (C=O) groups is 2. The summed E-state index contributed by atoms with van der Waals surface area (Å²) >= 11 is 1.25. The van der Waals surface area contributed by atoms with Crippen LogP contribution in [0.1, 0.15) is 38.3 Å². The van der Waals surface area contributed by atoms with E-state index in [4.69, 9.17) is 10.2 Å². The van der Waals surface area contributed by atoms with E-state index >= 15 is 0 Å². The van der Waals surface area contributed by atoms with E-state index in [2.05, 4.69) is 10.2 Å². The fraction of sp³-hybridized carbons (Fsp3) is 0.579. The topological polar surface area (TPSA) is 141 Å². The van der Waals surface area contributed by atoms with Crippen LogP contribution >= 0.6 is 11.8 Å². The number of hydrogen-bond donors (Lipinski definition) is 1. The molecule has 12 heteroatoms. The lowest BCUT2D eigenvalue weighted by Crippen LogP contribution is -2.44. The molecule has 1 aliphatic rings. The summed E-state index contributed by atoms with van der Waals surface area (Å²) in [5.41, 5.74) is 5.27. The molecule has 2 aromatic rings. The van der Waals surface area contributed by atoms with Crippen molar-refractivity contribution >= 4 is 33.4 Å². The van der Waals surface area contributed by atoms with Crippen molar-refractivity contribution in [3.63, 3.8) is 0 Å². The molecular weight excluding hydrogens is 442 g/mol. The quantitative estimate of drug-likeness (QED) is 0.505. The number of nitrogens with two attached hydrogens (primary N) is 1. The van der Waals surface area contributed by atoms with Gasteiger partial charge in [0.25, 0.3) is 0 Å². The number of aryl methyl sites for hydroxylation is 1. The molecule has 3 rings (SSSR count). The van der Waals surface area contributed by atoms with E-state index in [1.54, 1.807) is 24.2 Å². The van der Waals surface area contributed by atoms with Gasteiger partial charge in [0.1, 0.15) is 11.6 Å². The Morgan fingerprint density at radius 2 is 2.19 bits per heavy atom. The molecule has 0 aromatic carbocycles. The maximum absolute atomic E-state index is 13.1. The molecule has 170 valence electrons. The molecular formula is C19H27N5O5S2. The summed E-state index contributed by atoms with van der Waals surface area (Å²) in [5, 5.41) is 8.43. The molecule has 0 radical (unpaired) electrons. The van der Waals surface area contributed by atoms with Gasteiger partial charge in [-0.25, -0.2) is 8.42 Å². The third-order valence-electron chi connectivity index (χ3n) is 5.19. The standard InChI is InChI=1S/C19H27N5O5S2/c1-3-23(14-8-10-31(27,28)12-14)18(26)13(2)30-19-22-21-17(7-6-16(20)25)24(19)11-15-5-4-9-29-15/h4-5,9,13-14H,3,6-8,10-12H2,1-2H3,(H2,20,25)/t13-,14-/m0/s1. The Bertz CT molecular complexity index is 1020. The van der Waals surface area contributed by atoms with Crippen molar-refractivity contribution in [3.05, 3.63) is 30.0 Å². The lowest BCUT2D eigenvalue weighted by atomic mass is 10.2. The zero-order valence-electron chi connectivity index (χ0n) is 17.6. The summed E-state index contributed by atoms with van der Waals surface area (Å²) in [5.74, 6) is 0.815. The monoisotopic (exact) mass is 469 g/mol. The van der Waals surface area contributed by atoms with Gasteiger partial charge in [-0.05, 0) is 32.4 Å². The van der Waals surface area contributed by atoms with Gasteiger partial charge in [0.05, 0.1) is 29.6 Å². The van der Waals surface area contributed by atoms with E-state index in [1.807, 2.05) is 17.6 Å². The maximum atomic E-state index is 13.1. The molecule has 0 unspecified atom stereocenters. The summed E-state index contributed by atoms with van der Waals surface area (Å²) < 4.78 is 30.9. The Morgan fingerprint density at radius 1 is 1.42 bits per heavy atom. The highest BCUT2D eigenvalue weighted by atomic mass is 32.2. The van der Waals surface area contributed by atoms with Gasteiger partial charge in [-0.3, -0.25) is 14.2 Å². The fourth-order valence-corrected chi connectivity index (χ4v) is 6.27. The zero-order chi connectivity index (χ0) is 22.6. The smallest absolute Gasteiger partial charge is 0.236 e. The SMILES string of the molecule is CCN(C(=O)[C@H](C)Sc1nnc(CCC(N)=O)n1Cc1ccco1)[C@H]1CCS(=O)(=O)C1. The molecule has 1 aliphatic heterocycles. The van der Waals surface area contributed by atoms with Crippen LogP contribution in [0.4, 0.5) is 0 Å². The number of amides is 2. The van der Waals surface area contributed by atoms with Crippen molar-refractivity contribution in [2.45, 2.75) is 56.1 Å². The predicted molar refractivity (Wildman–Crippen MR) is 115 cm³/mol. The second kappa shape index (κ2) is 9.86. The minimum absolute atomic E-state index is 0.00983. The lowest BCUT2D eigenvalue weighted by molar-refractivity contribution is -0.131. The van der Waals surface area contributed by atoms with E-state index in [0.717, 1.165) is 0 Å². The van der Waals surface area contributed by atoms with Crippen molar-refractivity contribution in [2.24, 2.45) is 5.73 Å². The van der Waals surface area contributed by atoms with Gasteiger partial charge < -0.3 is 15.1 Å². The van der Waals surface area contributed by atoms with Gasteiger partial charge in [0.2, 0.25) is 11.8 Å². The van der Waals surface area contributed by atoms with Crippen LogP contribution in [0, 0.1) is 0 Å². The number of sulfone groups is 1. The first kappa shape index (κ1) is 23.3. The van der Waals surface area contributed by atoms with E-state index in [0.29, 0.717) is 42.7 Å². The number of primary amides is 1. The van der Waals surface area contributed by atoms with Crippen LogP contribution in [0.25, 0.3) is 0 Å². The van der Waals surface area contributed by atoms with Crippen molar-refractivity contribution in [3.8, 4) is 0 Å². The fourth-order valence-electron chi connectivity index (χ4n) is 3.60. The maximum Gasteiger partial charge on any atom is 0.236 e. The number of aromatic nitrogens is 3. The third kappa shape index (κ3) is 5.88. The number of thioether (sulfide) groups is 1. The minimum Gasteiger partial charge on any atom is -0.467 e. The highest BCUT2D eigenvalue weighted by molar-refractivity contribution is 8.00. The largest absolute Gasteiger partial charge is 0.467 e. The first-order chi connectivity index (χ1) is 14.7. The molecule has 2 atom stereocenters. The molecule has 2 N–H and O–H groups in total. The van der Waals surface area contributed by atoms with Gasteiger partial charge in [-0.2, -0.15) is 0 Å². The summed E-state index contributed by atoms with van der Waals surface area (Å²) in [6, 6.07) is 3.30. The summed E-state index contributed by atoms with van der Waals surface area (Å²) in [6.07, 6.45) is 2.49. The zero-order valence-corrected chi connectivity index (χ0v) is 19.2. The second-order valence-corrected chi connectivity index (χ2v) is 11.0. The normalized spacial score (nSPS) is 18.7. The van der Waals surface area contributed by atoms with Gasteiger partial charge in [-0.15, -0.1) is 10.2 Å². The molecule has 3 heterocycles. The van der Waals surface area contributed by atoms with Crippen molar-refractivity contribution < 1.29 is 22.4 Å². The third-order valence-corrected chi connectivity index (χ3v) is 8.00. The Morgan fingerprint density at radius 3 is 2.77 bits per heavy atom. The average molecular weight is 470 g/mol. The first-order valence-corrected chi connectivity index (χ1v) is 12.8. The van der Waals surface area contributed by atoms with Gasteiger partial charge in [0.15, 0.2) is 15.0 Å². The Hall–Kier alpha value is -2.34. The number of carbonyl (C=O) groups excluding carboxylic acids is 2. The molecule has 0 spiro atoms. The van der Waals surface area contributed by atoms with E-state index < -0.39 is 21.0 Å². The summed E-state index contributed by atoms with van der Waals surface area (Å²) in [7, 11) is -3.09. The van der Waals surface area contributed by atoms with Gasteiger partial charge in [-0.1, -0.05) is 11.8 Å². The highest BCUT2D eigenvalue weighted by Crippen LogP contribution is 2.27. The lowest BCUT2D eigenvalue weighted by Gasteiger charge is -2.29. The molecule has 2 amide bonds. The Labute approximate surface area is 185 Å². The number of hydrogen-bond acceptors (Lipinski definition) is 8. The van der Waals surface area contributed by atoms with Gasteiger partial charge in [0, 0.05) is 25.4 Å². The summed E-state index contributed by atoms with van der Waals surface area (Å²) in [4.78, 5) is 25.9. The number of rotatable bonds is 10. The number of nitrogens with zero attached hydrogens (tertiary/aromatic N) is 4. The molecule has 1 saturated heterocycles. The highest BCUT2D eigenvalue weighted by Gasteiger charge is 2.36. The molecule has 31 heavy (non-hydrogen) atoms. The minimum atomic E-state index is -3.09. The molecule has 0 saturated carbocycles. The Balaban J connectivity index is 1.76. The van der Waals surface area contributed by atoms with Crippen LogP contribution in [-0.4, -0.2) is 69.2 Å². The van der Waals surface area contributed by atoms with E-state index in [9.17, 15) is 18.0 Å². The van der Waals surface area contributed by atoms with Crippen LogP contribution in [0.3, 0.4) is 0 Å². The van der Waals surface area contributed by atoms with Crippen LogP contribution in [-0.2, 0) is 32.4 Å². The van der Waals surface area contributed by atoms with Crippen LogP contribution in [0.2, 0.25) is 0 Å². The molecule has 2 aromatic heterocycles. The second-order valence-electron chi connectivity index (χ2n) is 7.47. The molecule has 0 bridgehead atoms. The van der Waals surface area contributed by atoms with Crippen molar-refractivity contribution in [1.29, 1.82) is 0 Å². The Kier molecular flexibility index (Phi) is 7.42.